The average molecular weight is 251 g/mol. The lowest BCUT2D eigenvalue weighted by Crippen LogP contribution is -2.40. The van der Waals surface area contributed by atoms with E-state index < -0.39 is 0 Å². The highest BCUT2D eigenvalue weighted by Crippen LogP contribution is 2.23. The van der Waals surface area contributed by atoms with Crippen LogP contribution in [-0.2, 0) is 6.54 Å². The summed E-state index contributed by atoms with van der Waals surface area (Å²) in [6.45, 7) is 3.68. The molecule has 3 heteroatoms. The van der Waals surface area contributed by atoms with Gasteiger partial charge in [-0.3, -0.25) is 4.90 Å². The minimum atomic E-state index is -0.261. The third-order valence-electron chi connectivity index (χ3n) is 3.64. The molecule has 1 aliphatic rings. The lowest BCUT2D eigenvalue weighted by Gasteiger charge is -2.36. The van der Waals surface area contributed by atoms with E-state index in [0.29, 0.717) is 6.04 Å². The van der Waals surface area contributed by atoms with Gasteiger partial charge in [-0.05, 0) is 50.4 Å². The summed E-state index contributed by atoms with van der Waals surface area (Å²) in [6.07, 6.45) is 4.13. The van der Waals surface area contributed by atoms with Gasteiger partial charge in [-0.1, -0.05) is 18.6 Å². The molecule has 0 bridgehead atoms. The zero-order valence-electron chi connectivity index (χ0n) is 11.0. The molecular weight excluding hydrogens is 229 g/mol. The van der Waals surface area contributed by atoms with Gasteiger partial charge in [0.05, 0.1) is 6.10 Å². The first-order chi connectivity index (χ1) is 8.65. The topological polar surface area (TPSA) is 23.5 Å². The summed E-state index contributed by atoms with van der Waals surface area (Å²) >= 11 is 0. The van der Waals surface area contributed by atoms with Crippen molar-refractivity contribution in [3.63, 3.8) is 0 Å². The van der Waals surface area contributed by atoms with Crippen molar-refractivity contribution in [2.24, 2.45) is 0 Å². The zero-order valence-corrected chi connectivity index (χ0v) is 11.0. The predicted molar refractivity (Wildman–Crippen MR) is 70.7 cm³/mol. The fraction of sp³-hybridized carbons (Fsp3) is 0.600. The van der Waals surface area contributed by atoms with E-state index >= 15 is 0 Å². The molecule has 0 saturated carbocycles. The van der Waals surface area contributed by atoms with Crippen LogP contribution in [0.3, 0.4) is 0 Å². The summed E-state index contributed by atoms with van der Waals surface area (Å²) in [6, 6.07) is 7.25. The Morgan fingerprint density at radius 3 is 3.00 bits per heavy atom. The van der Waals surface area contributed by atoms with Crippen molar-refractivity contribution in [3.8, 4) is 0 Å². The Morgan fingerprint density at radius 2 is 2.28 bits per heavy atom. The molecule has 0 amide bonds. The summed E-state index contributed by atoms with van der Waals surface area (Å²) in [7, 11) is 0. The number of rotatable bonds is 4. The minimum Gasteiger partial charge on any atom is -0.393 e. The van der Waals surface area contributed by atoms with E-state index in [0.717, 1.165) is 31.5 Å². The van der Waals surface area contributed by atoms with Crippen molar-refractivity contribution in [1.82, 2.24) is 4.90 Å². The van der Waals surface area contributed by atoms with E-state index in [1.165, 1.54) is 18.9 Å². The maximum Gasteiger partial charge on any atom is 0.123 e. The number of hydrogen-bond acceptors (Lipinski definition) is 2. The van der Waals surface area contributed by atoms with Crippen molar-refractivity contribution in [2.75, 3.05) is 6.54 Å². The van der Waals surface area contributed by atoms with E-state index in [1.807, 2.05) is 13.0 Å². The highest BCUT2D eigenvalue weighted by molar-refractivity contribution is 5.16. The number of aliphatic hydroxyl groups is 1. The van der Waals surface area contributed by atoms with Crippen molar-refractivity contribution in [1.29, 1.82) is 0 Å². The van der Waals surface area contributed by atoms with Crippen LogP contribution in [-0.4, -0.2) is 28.7 Å². The van der Waals surface area contributed by atoms with Gasteiger partial charge in [0.25, 0.3) is 0 Å². The van der Waals surface area contributed by atoms with E-state index in [1.54, 1.807) is 12.1 Å². The molecule has 1 saturated heterocycles. The second-order valence-electron chi connectivity index (χ2n) is 5.33. The molecule has 0 radical (unpaired) electrons. The molecule has 1 aromatic rings. The van der Waals surface area contributed by atoms with Gasteiger partial charge in [0, 0.05) is 12.6 Å². The monoisotopic (exact) mass is 251 g/mol. The Kier molecular flexibility index (Phi) is 4.72. The van der Waals surface area contributed by atoms with Gasteiger partial charge in [0.2, 0.25) is 0 Å². The number of nitrogens with zero attached hydrogens (tertiary/aromatic N) is 1. The van der Waals surface area contributed by atoms with Crippen molar-refractivity contribution in [2.45, 2.75) is 51.3 Å². The molecule has 1 aliphatic heterocycles. The molecule has 100 valence electrons. The molecule has 18 heavy (non-hydrogen) atoms. The minimum absolute atomic E-state index is 0.170. The van der Waals surface area contributed by atoms with Crippen LogP contribution in [0.4, 0.5) is 4.39 Å². The third kappa shape index (κ3) is 3.79. The van der Waals surface area contributed by atoms with Crippen LogP contribution in [0.2, 0.25) is 0 Å². The quantitative estimate of drug-likeness (QED) is 0.889. The SMILES string of the molecule is CC(O)CC1CCCCN1Cc1cccc(F)c1. The highest BCUT2D eigenvalue weighted by atomic mass is 19.1. The number of likely N-dealkylation sites (tertiary alicyclic amines) is 1. The smallest absolute Gasteiger partial charge is 0.123 e. The van der Waals surface area contributed by atoms with Gasteiger partial charge < -0.3 is 5.11 Å². The van der Waals surface area contributed by atoms with Crippen LogP contribution in [0.15, 0.2) is 24.3 Å². The summed E-state index contributed by atoms with van der Waals surface area (Å²) < 4.78 is 13.2. The molecule has 2 atom stereocenters. The van der Waals surface area contributed by atoms with Crippen LogP contribution in [0, 0.1) is 5.82 Å². The largest absolute Gasteiger partial charge is 0.393 e. The Hall–Kier alpha value is -0.930. The maximum atomic E-state index is 13.2. The van der Waals surface area contributed by atoms with E-state index in [2.05, 4.69) is 4.90 Å². The third-order valence-corrected chi connectivity index (χ3v) is 3.64. The maximum absolute atomic E-state index is 13.2. The molecule has 2 rings (SSSR count). The second-order valence-corrected chi connectivity index (χ2v) is 5.33. The van der Waals surface area contributed by atoms with E-state index in [-0.39, 0.29) is 11.9 Å². The molecule has 0 aromatic heterocycles. The van der Waals surface area contributed by atoms with Gasteiger partial charge in [-0.25, -0.2) is 4.39 Å². The first-order valence-corrected chi connectivity index (χ1v) is 6.81. The Morgan fingerprint density at radius 1 is 1.44 bits per heavy atom. The summed E-state index contributed by atoms with van der Waals surface area (Å²) in [4.78, 5) is 2.38. The molecule has 2 nitrogen and oxygen atoms in total. The zero-order chi connectivity index (χ0) is 13.0. The molecule has 1 fully saturated rings. The van der Waals surface area contributed by atoms with Gasteiger partial charge >= 0.3 is 0 Å². The predicted octanol–water partition coefficient (Wildman–Crippen LogP) is 2.95. The summed E-state index contributed by atoms with van der Waals surface area (Å²) in [5, 5.41) is 9.55. The Labute approximate surface area is 108 Å². The van der Waals surface area contributed by atoms with Crippen LogP contribution in [0.1, 0.15) is 38.2 Å². The number of hydrogen-bond donors (Lipinski definition) is 1. The number of aliphatic hydroxyl groups excluding tert-OH is 1. The molecule has 1 N–H and O–H groups in total. The van der Waals surface area contributed by atoms with E-state index in [4.69, 9.17) is 0 Å². The normalized spacial score (nSPS) is 22.9. The van der Waals surface area contributed by atoms with Crippen LogP contribution in [0.25, 0.3) is 0 Å². The number of halogens is 1. The fourth-order valence-electron chi connectivity index (χ4n) is 2.80. The van der Waals surface area contributed by atoms with Crippen LogP contribution >= 0.6 is 0 Å². The second kappa shape index (κ2) is 6.30. The lowest BCUT2D eigenvalue weighted by atomic mass is 9.96. The fourth-order valence-corrected chi connectivity index (χ4v) is 2.80. The van der Waals surface area contributed by atoms with Crippen molar-refractivity contribution < 1.29 is 9.50 Å². The molecule has 0 spiro atoms. The van der Waals surface area contributed by atoms with Gasteiger partial charge in [0.15, 0.2) is 0 Å². The average Bonchev–Trinajstić information content (AvgIpc) is 2.31. The van der Waals surface area contributed by atoms with Gasteiger partial charge in [0.1, 0.15) is 5.82 Å². The summed E-state index contributed by atoms with van der Waals surface area (Å²) in [5.41, 5.74) is 1.02. The van der Waals surface area contributed by atoms with Crippen LogP contribution in [0.5, 0.6) is 0 Å². The molecule has 2 unspecified atom stereocenters. The Bertz CT molecular complexity index is 381. The molecule has 1 heterocycles. The lowest BCUT2D eigenvalue weighted by molar-refractivity contribution is 0.0817. The van der Waals surface area contributed by atoms with Crippen LogP contribution < -0.4 is 0 Å². The van der Waals surface area contributed by atoms with Gasteiger partial charge in [-0.15, -0.1) is 0 Å². The highest BCUT2D eigenvalue weighted by Gasteiger charge is 2.23. The van der Waals surface area contributed by atoms with Crippen molar-refractivity contribution >= 4 is 0 Å². The van der Waals surface area contributed by atoms with Crippen molar-refractivity contribution in [3.05, 3.63) is 35.6 Å². The number of benzene rings is 1. The molecular formula is C15H22FNO. The van der Waals surface area contributed by atoms with Gasteiger partial charge in [-0.2, -0.15) is 0 Å². The molecule has 0 aliphatic carbocycles. The number of piperidine rings is 1. The first-order valence-electron chi connectivity index (χ1n) is 6.81. The molecule has 1 aromatic carbocycles. The summed E-state index contributed by atoms with van der Waals surface area (Å²) in [5.74, 6) is -0.170. The van der Waals surface area contributed by atoms with E-state index in [9.17, 15) is 9.50 Å². The Balaban J connectivity index is 2.00. The first kappa shape index (κ1) is 13.5. The standard InChI is InChI=1S/C15H22FNO/c1-12(18)9-15-7-2-3-8-17(15)11-13-5-4-6-14(16)10-13/h4-6,10,12,15,18H,2-3,7-9,11H2,1H3.